The summed E-state index contributed by atoms with van der Waals surface area (Å²) in [5.41, 5.74) is 3.09. The molecule has 0 bridgehead atoms. The van der Waals surface area contributed by atoms with Crippen LogP contribution in [-0.2, 0) is 6.42 Å². The Morgan fingerprint density at radius 1 is 1.00 bits per heavy atom. The summed E-state index contributed by atoms with van der Waals surface area (Å²) in [5, 5.41) is 1.06. The van der Waals surface area contributed by atoms with E-state index < -0.39 is 0 Å². The molecule has 0 radical (unpaired) electrons. The number of nitrogens with zero attached hydrogens (tertiary/aromatic N) is 1. The summed E-state index contributed by atoms with van der Waals surface area (Å²) in [6.45, 7) is 0. The maximum absolute atomic E-state index is 6.51. The van der Waals surface area contributed by atoms with Gasteiger partial charge in [-0.3, -0.25) is 4.98 Å². The average Bonchev–Trinajstić information content (AvgIpc) is 2.55. The van der Waals surface area contributed by atoms with Crippen LogP contribution >= 0.6 is 11.6 Å². The molecule has 3 heteroatoms. The van der Waals surface area contributed by atoms with Gasteiger partial charge in [0.15, 0.2) is 0 Å². The van der Waals surface area contributed by atoms with Gasteiger partial charge in [0, 0.05) is 17.5 Å². The summed E-state index contributed by atoms with van der Waals surface area (Å²) < 4.78 is 5.16. The summed E-state index contributed by atoms with van der Waals surface area (Å²) in [6.07, 6.45) is 0.707. The average molecular weight is 298 g/mol. The van der Waals surface area contributed by atoms with Gasteiger partial charge in [0.25, 0.3) is 0 Å². The molecule has 0 N–H and O–H groups in total. The lowest BCUT2D eigenvalue weighted by Crippen LogP contribution is -1.98. The molecular formula is C18H16ClNO. The second-order valence-electron chi connectivity index (χ2n) is 4.94. The number of aromatic nitrogens is 1. The first-order valence-corrected chi connectivity index (χ1v) is 7.32. The molecule has 2 aromatic carbocycles. The molecule has 0 saturated heterocycles. The SMILES string of the molecule is COc1ccc(C(Cl)Cc2ccc3ccccc3n2)cc1. The topological polar surface area (TPSA) is 22.1 Å². The van der Waals surface area contributed by atoms with Crippen LogP contribution in [-0.4, -0.2) is 12.1 Å². The zero-order chi connectivity index (χ0) is 14.7. The molecule has 0 aliphatic rings. The Morgan fingerprint density at radius 3 is 2.52 bits per heavy atom. The lowest BCUT2D eigenvalue weighted by atomic mass is 10.1. The van der Waals surface area contributed by atoms with Crippen LogP contribution < -0.4 is 4.74 Å². The Kier molecular flexibility index (Phi) is 4.07. The van der Waals surface area contributed by atoms with Gasteiger partial charge in [-0.15, -0.1) is 11.6 Å². The summed E-state index contributed by atoms with van der Waals surface area (Å²) in [6, 6.07) is 20.1. The molecule has 0 fully saturated rings. The number of benzene rings is 2. The van der Waals surface area contributed by atoms with Crippen LogP contribution in [0, 0.1) is 0 Å². The first kappa shape index (κ1) is 13.9. The predicted octanol–water partition coefficient (Wildman–Crippen LogP) is 4.77. The maximum atomic E-state index is 6.51. The number of hydrogen-bond donors (Lipinski definition) is 0. The van der Waals surface area contributed by atoms with Crippen LogP contribution in [0.5, 0.6) is 5.75 Å². The third-order valence-electron chi connectivity index (χ3n) is 3.52. The van der Waals surface area contributed by atoms with Gasteiger partial charge >= 0.3 is 0 Å². The van der Waals surface area contributed by atoms with Crippen molar-refractivity contribution in [3.05, 3.63) is 71.9 Å². The number of alkyl halides is 1. The summed E-state index contributed by atoms with van der Waals surface area (Å²) in [5.74, 6) is 0.839. The van der Waals surface area contributed by atoms with E-state index in [0.29, 0.717) is 6.42 Å². The fourth-order valence-corrected chi connectivity index (χ4v) is 2.64. The van der Waals surface area contributed by atoms with Gasteiger partial charge in [-0.05, 0) is 29.8 Å². The van der Waals surface area contributed by atoms with Crippen molar-refractivity contribution in [3.8, 4) is 5.75 Å². The molecule has 0 aliphatic heterocycles. The van der Waals surface area contributed by atoms with Crippen LogP contribution in [0.4, 0.5) is 0 Å². The minimum absolute atomic E-state index is 0.0930. The van der Waals surface area contributed by atoms with E-state index >= 15 is 0 Å². The molecule has 1 atom stereocenters. The standard InChI is InChI=1S/C18H16ClNO/c1-21-16-10-7-13(8-11-16)17(19)12-15-9-6-14-4-2-3-5-18(14)20-15/h2-11,17H,12H2,1H3. The van der Waals surface area contributed by atoms with Crippen LogP contribution in [0.25, 0.3) is 10.9 Å². The van der Waals surface area contributed by atoms with Gasteiger partial charge in [0.2, 0.25) is 0 Å². The van der Waals surface area contributed by atoms with E-state index in [0.717, 1.165) is 27.9 Å². The van der Waals surface area contributed by atoms with E-state index in [9.17, 15) is 0 Å². The molecule has 106 valence electrons. The maximum Gasteiger partial charge on any atom is 0.118 e. The highest BCUT2D eigenvalue weighted by molar-refractivity contribution is 6.20. The van der Waals surface area contributed by atoms with Crippen LogP contribution in [0.15, 0.2) is 60.7 Å². The van der Waals surface area contributed by atoms with Crippen LogP contribution in [0.2, 0.25) is 0 Å². The van der Waals surface area contributed by atoms with Crippen molar-refractivity contribution in [1.29, 1.82) is 0 Å². The molecule has 1 heterocycles. The summed E-state index contributed by atoms with van der Waals surface area (Å²) in [4.78, 5) is 4.67. The van der Waals surface area contributed by atoms with Gasteiger partial charge in [-0.2, -0.15) is 0 Å². The minimum Gasteiger partial charge on any atom is -0.497 e. The molecule has 21 heavy (non-hydrogen) atoms. The fraction of sp³-hybridized carbons (Fsp3) is 0.167. The van der Waals surface area contributed by atoms with E-state index in [1.165, 1.54) is 0 Å². The normalized spacial score (nSPS) is 12.3. The third-order valence-corrected chi connectivity index (χ3v) is 3.93. The highest BCUT2D eigenvalue weighted by atomic mass is 35.5. The Hall–Kier alpha value is -2.06. The van der Waals surface area contributed by atoms with Crippen molar-refractivity contribution in [2.75, 3.05) is 7.11 Å². The van der Waals surface area contributed by atoms with Crippen molar-refractivity contribution < 1.29 is 4.74 Å². The number of pyridine rings is 1. The van der Waals surface area contributed by atoms with E-state index in [2.05, 4.69) is 17.1 Å². The second-order valence-corrected chi connectivity index (χ2v) is 5.47. The van der Waals surface area contributed by atoms with Crippen molar-refractivity contribution in [3.63, 3.8) is 0 Å². The van der Waals surface area contributed by atoms with E-state index in [1.54, 1.807) is 7.11 Å². The Bertz CT molecular complexity index is 740. The monoisotopic (exact) mass is 297 g/mol. The van der Waals surface area contributed by atoms with Crippen molar-refractivity contribution in [2.45, 2.75) is 11.8 Å². The number of rotatable bonds is 4. The van der Waals surface area contributed by atoms with E-state index in [1.807, 2.05) is 48.5 Å². The Morgan fingerprint density at radius 2 is 1.76 bits per heavy atom. The molecule has 3 rings (SSSR count). The van der Waals surface area contributed by atoms with Crippen LogP contribution in [0.1, 0.15) is 16.6 Å². The molecular weight excluding hydrogens is 282 g/mol. The van der Waals surface area contributed by atoms with Crippen molar-refractivity contribution in [1.82, 2.24) is 4.98 Å². The lowest BCUT2D eigenvalue weighted by molar-refractivity contribution is 0.414. The Balaban J connectivity index is 1.79. The van der Waals surface area contributed by atoms with Crippen molar-refractivity contribution in [2.24, 2.45) is 0 Å². The molecule has 1 aromatic heterocycles. The van der Waals surface area contributed by atoms with E-state index in [-0.39, 0.29) is 5.38 Å². The predicted molar refractivity (Wildman–Crippen MR) is 87.0 cm³/mol. The molecule has 1 unspecified atom stereocenters. The van der Waals surface area contributed by atoms with E-state index in [4.69, 9.17) is 16.3 Å². The first-order valence-electron chi connectivity index (χ1n) is 6.89. The molecule has 0 amide bonds. The van der Waals surface area contributed by atoms with Gasteiger partial charge in [-0.25, -0.2) is 0 Å². The molecule has 3 aromatic rings. The highest BCUT2D eigenvalue weighted by Gasteiger charge is 2.10. The first-order chi connectivity index (χ1) is 10.3. The highest BCUT2D eigenvalue weighted by Crippen LogP contribution is 2.26. The molecule has 0 aliphatic carbocycles. The van der Waals surface area contributed by atoms with Gasteiger partial charge in [-0.1, -0.05) is 36.4 Å². The zero-order valence-electron chi connectivity index (χ0n) is 11.8. The van der Waals surface area contributed by atoms with Gasteiger partial charge < -0.3 is 4.74 Å². The fourth-order valence-electron chi connectivity index (χ4n) is 2.34. The zero-order valence-corrected chi connectivity index (χ0v) is 12.5. The lowest BCUT2D eigenvalue weighted by Gasteiger charge is -2.11. The number of ether oxygens (including phenoxy) is 1. The summed E-state index contributed by atoms with van der Waals surface area (Å²) in [7, 11) is 1.66. The van der Waals surface area contributed by atoms with Crippen molar-refractivity contribution >= 4 is 22.5 Å². The quantitative estimate of drug-likeness (QED) is 0.647. The third kappa shape index (κ3) is 3.17. The smallest absolute Gasteiger partial charge is 0.118 e. The molecule has 0 spiro atoms. The van der Waals surface area contributed by atoms with Gasteiger partial charge in [0.1, 0.15) is 5.75 Å². The second kappa shape index (κ2) is 6.15. The number of para-hydroxylation sites is 1. The van der Waals surface area contributed by atoms with Gasteiger partial charge in [0.05, 0.1) is 18.0 Å². The number of methoxy groups -OCH3 is 1. The largest absolute Gasteiger partial charge is 0.497 e. The Labute approximate surface area is 129 Å². The summed E-state index contributed by atoms with van der Waals surface area (Å²) >= 11 is 6.51. The molecule has 2 nitrogen and oxygen atoms in total. The minimum atomic E-state index is -0.0930. The molecule has 0 saturated carbocycles. The number of fused-ring (bicyclic) bond motifs is 1. The van der Waals surface area contributed by atoms with Crippen LogP contribution in [0.3, 0.4) is 0 Å². The number of hydrogen-bond acceptors (Lipinski definition) is 2. The number of halogens is 1.